The summed E-state index contributed by atoms with van der Waals surface area (Å²) >= 11 is 6.76. The number of hydrogen-bond acceptors (Lipinski definition) is 4. The predicted molar refractivity (Wildman–Crippen MR) is 122 cm³/mol. The molecule has 1 saturated heterocycles. The van der Waals surface area contributed by atoms with Gasteiger partial charge >= 0.3 is 12.2 Å². The number of alkyl halides is 3. The van der Waals surface area contributed by atoms with Gasteiger partial charge in [0, 0.05) is 10.7 Å². The van der Waals surface area contributed by atoms with Crippen LogP contribution >= 0.6 is 23.4 Å². The Bertz CT molecular complexity index is 995. The molecule has 2 aromatic carbocycles. The second kappa shape index (κ2) is 10.3. The van der Waals surface area contributed by atoms with Crippen molar-refractivity contribution < 1.29 is 22.7 Å². The number of amidine groups is 1. The standard InChI is InChI=1S/C22H21ClF3N3O2S/c1-15-3-7-18(8-4-15)29-14-32-20(28(21(29)30)13-22(24,25)26)27-11-17-5-9-19(10-6-17)31-12-16(2)23/h3-10H,2,11-14H2,1H3. The summed E-state index contributed by atoms with van der Waals surface area (Å²) in [4.78, 5) is 19.2. The van der Waals surface area contributed by atoms with Crippen LogP contribution in [0.2, 0.25) is 0 Å². The molecule has 10 heteroatoms. The number of nitrogens with zero attached hydrogens (tertiary/aromatic N) is 3. The first-order chi connectivity index (χ1) is 15.1. The van der Waals surface area contributed by atoms with Crippen molar-refractivity contribution in [3.05, 3.63) is 71.3 Å². The van der Waals surface area contributed by atoms with Crippen LogP contribution in [-0.4, -0.2) is 41.3 Å². The van der Waals surface area contributed by atoms with Crippen LogP contribution in [0.3, 0.4) is 0 Å². The fourth-order valence-corrected chi connectivity index (χ4v) is 3.86. The number of aliphatic imine (C=N–C) groups is 1. The number of carbonyl (C=O) groups is 1. The smallest absolute Gasteiger partial charge is 0.406 e. The average molecular weight is 484 g/mol. The number of amides is 2. The van der Waals surface area contributed by atoms with Crippen LogP contribution < -0.4 is 9.64 Å². The van der Waals surface area contributed by atoms with Gasteiger partial charge in [-0.25, -0.2) is 4.79 Å². The molecule has 3 rings (SSSR count). The van der Waals surface area contributed by atoms with Gasteiger partial charge in [-0.15, -0.1) is 0 Å². The molecule has 2 aromatic rings. The topological polar surface area (TPSA) is 45.1 Å². The molecule has 32 heavy (non-hydrogen) atoms. The van der Waals surface area contributed by atoms with Crippen LogP contribution in [0.1, 0.15) is 11.1 Å². The van der Waals surface area contributed by atoms with Gasteiger partial charge in [0.25, 0.3) is 0 Å². The zero-order valence-corrected chi connectivity index (χ0v) is 18.8. The van der Waals surface area contributed by atoms with Crippen molar-refractivity contribution >= 4 is 40.2 Å². The highest BCUT2D eigenvalue weighted by molar-refractivity contribution is 8.14. The van der Waals surface area contributed by atoms with Crippen LogP contribution in [-0.2, 0) is 6.54 Å². The molecule has 1 aliphatic heterocycles. The van der Waals surface area contributed by atoms with Gasteiger partial charge in [-0.2, -0.15) is 13.2 Å². The van der Waals surface area contributed by atoms with Crippen molar-refractivity contribution in [1.82, 2.24) is 4.90 Å². The Labute approximate surface area is 193 Å². The zero-order chi connectivity index (χ0) is 23.3. The minimum atomic E-state index is -4.56. The zero-order valence-electron chi connectivity index (χ0n) is 17.2. The van der Waals surface area contributed by atoms with E-state index >= 15 is 0 Å². The minimum absolute atomic E-state index is 0.0365. The third-order valence-electron chi connectivity index (χ3n) is 4.41. The van der Waals surface area contributed by atoms with Crippen molar-refractivity contribution in [1.29, 1.82) is 0 Å². The molecule has 0 aliphatic carbocycles. The number of benzene rings is 2. The van der Waals surface area contributed by atoms with Gasteiger partial charge in [0.05, 0.1) is 12.4 Å². The Balaban J connectivity index is 1.75. The SMILES string of the molecule is C=C(Cl)COc1ccc(CN=C2SCN(c3ccc(C)cc3)C(=O)N2CC(F)(F)F)cc1. The molecule has 1 aliphatic rings. The van der Waals surface area contributed by atoms with Crippen molar-refractivity contribution in [3.63, 3.8) is 0 Å². The van der Waals surface area contributed by atoms with Crippen molar-refractivity contribution in [3.8, 4) is 5.75 Å². The molecule has 5 nitrogen and oxygen atoms in total. The Morgan fingerprint density at radius 2 is 1.84 bits per heavy atom. The van der Waals surface area contributed by atoms with Crippen LogP contribution in [0.15, 0.2) is 65.1 Å². The fraction of sp³-hybridized carbons (Fsp3) is 0.273. The van der Waals surface area contributed by atoms with Gasteiger partial charge in [-0.05, 0) is 36.8 Å². The summed E-state index contributed by atoms with van der Waals surface area (Å²) in [5.41, 5.74) is 2.29. The average Bonchev–Trinajstić information content (AvgIpc) is 2.73. The first-order valence-corrected chi connectivity index (χ1v) is 10.9. The summed E-state index contributed by atoms with van der Waals surface area (Å²) in [6, 6.07) is 13.2. The quantitative estimate of drug-likeness (QED) is 0.472. The van der Waals surface area contributed by atoms with Crippen molar-refractivity contribution in [2.24, 2.45) is 4.99 Å². The molecule has 0 radical (unpaired) electrons. The number of rotatable bonds is 7. The summed E-state index contributed by atoms with van der Waals surface area (Å²) in [5.74, 6) is 0.752. The molecule has 0 saturated carbocycles. The number of hydrogen-bond donors (Lipinski definition) is 0. The number of halogens is 4. The van der Waals surface area contributed by atoms with Gasteiger partial charge in [0.2, 0.25) is 0 Å². The maximum atomic E-state index is 13.2. The van der Waals surface area contributed by atoms with Gasteiger partial charge in [0.15, 0.2) is 5.17 Å². The van der Waals surface area contributed by atoms with Crippen LogP contribution in [0.25, 0.3) is 0 Å². The summed E-state index contributed by atoms with van der Waals surface area (Å²) in [7, 11) is 0. The molecular formula is C22H21ClF3N3O2S. The molecule has 1 heterocycles. The Morgan fingerprint density at radius 3 is 2.44 bits per heavy atom. The highest BCUT2D eigenvalue weighted by Gasteiger charge is 2.40. The van der Waals surface area contributed by atoms with Gasteiger partial charge in [0.1, 0.15) is 18.9 Å². The Hall–Kier alpha value is -2.65. The molecule has 2 amide bonds. The van der Waals surface area contributed by atoms with E-state index in [0.29, 0.717) is 21.4 Å². The van der Waals surface area contributed by atoms with E-state index in [4.69, 9.17) is 16.3 Å². The Kier molecular flexibility index (Phi) is 7.73. The second-order valence-corrected chi connectivity index (χ2v) is 8.52. The van der Waals surface area contributed by atoms with Crippen LogP contribution in [0.4, 0.5) is 23.7 Å². The lowest BCUT2D eigenvalue weighted by atomic mass is 10.2. The number of thioether (sulfide) groups is 1. The molecule has 0 aromatic heterocycles. The third kappa shape index (κ3) is 6.67. The lowest BCUT2D eigenvalue weighted by molar-refractivity contribution is -0.133. The van der Waals surface area contributed by atoms with E-state index in [2.05, 4.69) is 11.6 Å². The number of anilines is 1. The van der Waals surface area contributed by atoms with E-state index in [0.717, 1.165) is 22.9 Å². The summed E-state index contributed by atoms with van der Waals surface area (Å²) in [5, 5.41) is 0.401. The molecular weight excluding hydrogens is 463 g/mol. The van der Waals surface area contributed by atoms with Gasteiger partial charge in [-0.3, -0.25) is 14.8 Å². The first-order valence-electron chi connectivity index (χ1n) is 9.57. The summed E-state index contributed by atoms with van der Waals surface area (Å²) < 4.78 is 45.0. The first kappa shape index (κ1) is 24.0. The number of aryl methyl sites for hydroxylation is 1. The van der Waals surface area contributed by atoms with Crippen LogP contribution in [0.5, 0.6) is 5.75 Å². The van der Waals surface area contributed by atoms with E-state index in [-0.39, 0.29) is 24.2 Å². The maximum absolute atomic E-state index is 13.2. The van der Waals surface area contributed by atoms with E-state index in [1.165, 1.54) is 4.90 Å². The van der Waals surface area contributed by atoms with Crippen molar-refractivity contribution in [2.45, 2.75) is 19.6 Å². The normalized spacial score (nSPS) is 15.9. The van der Waals surface area contributed by atoms with Crippen LogP contribution in [0, 0.1) is 6.92 Å². The van der Waals surface area contributed by atoms with E-state index in [9.17, 15) is 18.0 Å². The van der Waals surface area contributed by atoms with Crippen molar-refractivity contribution in [2.75, 3.05) is 23.9 Å². The monoisotopic (exact) mass is 483 g/mol. The Morgan fingerprint density at radius 1 is 1.19 bits per heavy atom. The van der Waals surface area contributed by atoms with E-state index < -0.39 is 18.8 Å². The number of carbonyl (C=O) groups excluding carboxylic acids is 1. The lowest BCUT2D eigenvalue weighted by Gasteiger charge is -2.36. The highest BCUT2D eigenvalue weighted by Crippen LogP contribution is 2.30. The maximum Gasteiger partial charge on any atom is 0.406 e. The highest BCUT2D eigenvalue weighted by atomic mass is 35.5. The molecule has 0 spiro atoms. The molecule has 0 N–H and O–H groups in total. The number of urea groups is 1. The summed E-state index contributed by atoms with van der Waals surface area (Å²) in [6.07, 6.45) is -4.56. The number of ether oxygens (including phenoxy) is 1. The molecule has 0 bridgehead atoms. The molecule has 170 valence electrons. The van der Waals surface area contributed by atoms with E-state index in [1.54, 1.807) is 48.5 Å². The predicted octanol–water partition coefficient (Wildman–Crippen LogP) is 6.18. The molecule has 1 fully saturated rings. The fourth-order valence-electron chi connectivity index (χ4n) is 2.85. The van der Waals surface area contributed by atoms with Gasteiger partial charge < -0.3 is 4.74 Å². The lowest BCUT2D eigenvalue weighted by Crippen LogP contribution is -2.53. The molecule has 0 atom stereocenters. The largest absolute Gasteiger partial charge is 0.488 e. The third-order valence-corrected chi connectivity index (χ3v) is 5.52. The second-order valence-electron chi connectivity index (χ2n) is 7.07. The molecule has 0 unspecified atom stereocenters. The van der Waals surface area contributed by atoms with Gasteiger partial charge in [-0.1, -0.05) is 59.8 Å². The summed E-state index contributed by atoms with van der Waals surface area (Å²) in [6.45, 7) is 4.32. The van der Waals surface area contributed by atoms with E-state index in [1.807, 2.05) is 6.92 Å². The minimum Gasteiger partial charge on any atom is -0.488 e.